The van der Waals surface area contributed by atoms with E-state index in [2.05, 4.69) is 65.9 Å². The highest BCUT2D eigenvalue weighted by Gasteiger charge is 2.93. The van der Waals surface area contributed by atoms with E-state index in [9.17, 15) is 65.9 Å². The molecule has 0 unspecified atom stereocenters. The van der Waals surface area contributed by atoms with E-state index < -0.39 is 69.5 Å². The Kier molecular flexibility index (Phi) is 17.8. The first-order valence-electron chi connectivity index (χ1n) is 18.1. The second-order valence-electron chi connectivity index (χ2n) is 16.0. The summed E-state index contributed by atoms with van der Waals surface area (Å²) in [5.74, 6) is -45.8. The third-order valence-corrected chi connectivity index (χ3v) is 14.5. The van der Waals surface area contributed by atoms with Crippen LogP contribution in [0.4, 0.5) is 65.9 Å². The van der Waals surface area contributed by atoms with Crippen molar-refractivity contribution < 1.29 is 79.8 Å². The lowest BCUT2D eigenvalue weighted by Crippen LogP contribution is -2.72. The summed E-state index contributed by atoms with van der Waals surface area (Å²) in [5, 5.41) is 0.156. The normalized spacial score (nSPS) is 17.0. The van der Waals surface area contributed by atoms with E-state index in [0.29, 0.717) is 17.4 Å². The SMILES string of the molecule is C[C@H](C/C=C/[C@@H](C)C/C=C/[C@@H](C)[C@H](C)OCc1ccc(OCCCC(F)(F)C(F)(F)C(F)(F)C(F)(F)C(F)(F)C(F)(F)C(F)(F)F)cc1)CO[Si](C)(C)C(C)(C)C. The quantitative estimate of drug-likeness (QED) is 0.0475. The number of hydrogen-bond acceptors (Lipinski definition) is 3. The molecule has 0 aliphatic carbocycles. The molecule has 0 amide bonds. The summed E-state index contributed by atoms with van der Waals surface area (Å²) >= 11 is 0. The molecular weight excluding hydrogens is 817 g/mol. The maximum absolute atomic E-state index is 14.1. The highest BCUT2D eigenvalue weighted by molar-refractivity contribution is 6.74. The molecule has 332 valence electrons. The smallest absolute Gasteiger partial charge is 0.460 e. The first-order chi connectivity index (χ1) is 25.5. The summed E-state index contributed by atoms with van der Waals surface area (Å²) in [6, 6.07) is 5.57. The Balaban J connectivity index is 2.63. The summed E-state index contributed by atoms with van der Waals surface area (Å²) < 4.78 is 218. The molecule has 0 aliphatic rings. The number of ether oxygens (including phenoxy) is 2. The molecule has 0 radical (unpaired) electrons. The van der Waals surface area contributed by atoms with Gasteiger partial charge in [0.05, 0.1) is 19.3 Å². The van der Waals surface area contributed by atoms with Crippen molar-refractivity contribution >= 4 is 8.32 Å². The molecule has 0 N–H and O–H groups in total. The Hall–Kier alpha value is -2.41. The maximum atomic E-state index is 14.1. The van der Waals surface area contributed by atoms with Crippen LogP contribution < -0.4 is 4.74 Å². The minimum absolute atomic E-state index is 0.0327. The molecule has 3 nitrogen and oxygen atoms in total. The maximum Gasteiger partial charge on any atom is 0.460 e. The zero-order valence-electron chi connectivity index (χ0n) is 33.3. The lowest BCUT2D eigenvalue weighted by Gasteiger charge is -2.41. The molecule has 1 aromatic rings. The average molecular weight is 871 g/mol. The predicted molar refractivity (Wildman–Crippen MR) is 189 cm³/mol. The summed E-state index contributed by atoms with van der Waals surface area (Å²) in [5.41, 5.74) is 0.621. The lowest BCUT2D eigenvalue weighted by molar-refractivity contribution is -0.452. The van der Waals surface area contributed by atoms with Crippen molar-refractivity contribution in [3.8, 4) is 5.75 Å². The van der Waals surface area contributed by atoms with Crippen LogP contribution in [0.1, 0.15) is 79.7 Å². The third-order valence-electron chi connectivity index (χ3n) is 9.96. The van der Waals surface area contributed by atoms with Crippen molar-refractivity contribution in [2.24, 2.45) is 17.8 Å². The molecule has 19 heteroatoms. The van der Waals surface area contributed by atoms with Gasteiger partial charge in [-0.15, -0.1) is 0 Å². The molecule has 0 spiro atoms. The van der Waals surface area contributed by atoms with Gasteiger partial charge in [0.1, 0.15) is 5.75 Å². The highest BCUT2D eigenvalue weighted by Crippen LogP contribution is 2.62. The van der Waals surface area contributed by atoms with Crippen LogP contribution in [0, 0.1) is 17.8 Å². The van der Waals surface area contributed by atoms with Crippen LogP contribution in [-0.2, 0) is 15.8 Å². The molecule has 57 heavy (non-hydrogen) atoms. The number of hydrogen-bond donors (Lipinski definition) is 0. The van der Waals surface area contributed by atoms with Gasteiger partial charge in [0.2, 0.25) is 0 Å². The molecule has 0 aliphatic heterocycles. The van der Waals surface area contributed by atoms with Crippen molar-refractivity contribution in [3.63, 3.8) is 0 Å². The Morgan fingerprint density at radius 3 is 1.65 bits per heavy atom. The topological polar surface area (TPSA) is 27.7 Å². The van der Waals surface area contributed by atoms with Gasteiger partial charge < -0.3 is 13.9 Å². The largest absolute Gasteiger partial charge is 0.494 e. The van der Waals surface area contributed by atoms with E-state index in [0.717, 1.165) is 19.4 Å². The lowest BCUT2D eigenvalue weighted by atomic mass is 9.90. The molecule has 1 aromatic carbocycles. The Bertz CT molecular complexity index is 1440. The number of benzene rings is 1. The molecule has 1 rings (SSSR count). The van der Waals surface area contributed by atoms with Gasteiger partial charge in [0, 0.05) is 13.0 Å². The monoisotopic (exact) mass is 870 g/mol. The zero-order valence-corrected chi connectivity index (χ0v) is 34.3. The van der Waals surface area contributed by atoms with Crippen LogP contribution in [0.2, 0.25) is 18.1 Å². The highest BCUT2D eigenvalue weighted by atomic mass is 28.4. The summed E-state index contributed by atoms with van der Waals surface area (Å²) in [6.45, 7) is 19.1. The van der Waals surface area contributed by atoms with Crippen LogP contribution >= 0.6 is 0 Å². The number of halogens is 15. The van der Waals surface area contributed by atoms with Gasteiger partial charge in [-0.3, -0.25) is 0 Å². The average Bonchev–Trinajstić information content (AvgIpc) is 3.07. The van der Waals surface area contributed by atoms with Gasteiger partial charge >= 0.3 is 41.7 Å². The Morgan fingerprint density at radius 1 is 0.649 bits per heavy atom. The van der Waals surface area contributed by atoms with Gasteiger partial charge in [0.25, 0.3) is 0 Å². The van der Waals surface area contributed by atoms with Gasteiger partial charge in [-0.2, -0.15) is 65.9 Å². The summed E-state index contributed by atoms with van der Waals surface area (Å²) in [7, 11) is -1.79. The van der Waals surface area contributed by atoms with Crippen LogP contribution in [0.3, 0.4) is 0 Å². The molecule has 0 bridgehead atoms. The third kappa shape index (κ3) is 12.8. The molecule has 0 heterocycles. The fraction of sp³-hybridized carbons (Fsp3) is 0.737. The molecule has 0 fully saturated rings. The second-order valence-corrected chi connectivity index (χ2v) is 20.8. The number of rotatable bonds is 23. The molecule has 0 aromatic heterocycles. The fourth-order valence-electron chi connectivity index (χ4n) is 4.62. The van der Waals surface area contributed by atoms with Crippen molar-refractivity contribution in [2.45, 2.75) is 147 Å². The van der Waals surface area contributed by atoms with Gasteiger partial charge in [-0.25, -0.2) is 0 Å². The van der Waals surface area contributed by atoms with Crippen molar-refractivity contribution in [3.05, 3.63) is 54.1 Å². The van der Waals surface area contributed by atoms with Gasteiger partial charge in [-0.1, -0.05) is 78.0 Å². The molecule has 0 saturated heterocycles. The minimum Gasteiger partial charge on any atom is -0.494 e. The Morgan fingerprint density at radius 2 is 1.14 bits per heavy atom. The molecular formula is C38H53F15O3Si. The first-order valence-corrected chi connectivity index (χ1v) is 21.0. The van der Waals surface area contributed by atoms with E-state index in [-0.39, 0.29) is 29.4 Å². The van der Waals surface area contributed by atoms with E-state index in [1.807, 2.05) is 19.9 Å². The molecule has 0 saturated carbocycles. The number of allylic oxidation sites excluding steroid dienone is 3. The standard InChI is InChI=1S/C38H53F15O3Si/c1-25(13-10-15-26(2)23-56-57(8,9)31(5,6)7)14-11-16-27(3)28(4)55-24-29-17-19-30(20-18-29)54-22-12-21-32(39,40)33(41,42)34(43,44)35(45,46)36(47,48)37(49,50)38(51,52)53/h10-11,13,16-20,25-28H,12,14-15,21-24H2,1-9H3/b13-10+,16-11+/t25-,26-,27-,28+/m1/s1. The van der Waals surface area contributed by atoms with E-state index in [4.69, 9.17) is 13.9 Å². The van der Waals surface area contributed by atoms with Crippen LogP contribution in [0.5, 0.6) is 5.75 Å². The minimum atomic E-state index is -8.29. The predicted octanol–water partition coefficient (Wildman–Crippen LogP) is 13.9. The van der Waals surface area contributed by atoms with Crippen molar-refractivity contribution in [2.75, 3.05) is 13.2 Å². The van der Waals surface area contributed by atoms with E-state index in [1.165, 1.54) is 24.3 Å². The van der Waals surface area contributed by atoms with Crippen LogP contribution in [0.15, 0.2) is 48.6 Å². The van der Waals surface area contributed by atoms with Crippen LogP contribution in [-0.4, -0.2) is 69.3 Å². The van der Waals surface area contributed by atoms with Crippen LogP contribution in [0.25, 0.3) is 0 Å². The number of alkyl halides is 15. The second kappa shape index (κ2) is 19.3. The summed E-state index contributed by atoms with van der Waals surface area (Å²) in [6.07, 6.45) is -1.39. The Labute approximate surface area is 325 Å². The van der Waals surface area contributed by atoms with Gasteiger partial charge in [0.15, 0.2) is 8.32 Å². The zero-order chi connectivity index (χ0) is 44.7. The molecule has 4 atom stereocenters. The fourth-order valence-corrected chi connectivity index (χ4v) is 5.76. The summed E-state index contributed by atoms with van der Waals surface area (Å²) in [4.78, 5) is 0. The first kappa shape index (κ1) is 52.6. The van der Waals surface area contributed by atoms with Crippen molar-refractivity contribution in [1.29, 1.82) is 0 Å². The van der Waals surface area contributed by atoms with E-state index >= 15 is 0 Å². The van der Waals surface area contributed by atoms with E-state index in [1.54, 1.807) is 0 Å². The van der Waals surface area contributed by atoms with Crippen molar-refractivity contribution in [1.82, 2.24) is 0 Å². The van der Waals surface area contributed by atoms with Gasteiger partial charge in [-0.05, 0) is 79.8 Å².